The first-order valence-electron chi connectivity index (χ1n) is 5.26. The standard InChI is InChI=1S/C12H14N2O2/c1-7(2)14-11(15)9-5-4-8(3)6-10(9)13-12(14)16/h4-7H,1-3H3,(H,13,16). The van der Waals surface area contributed by atoms with Gasteiger partial charge in [-0.1, -0.05) is 6.07 Å². The van der Waals surface area contributed by atoms with Gasteiger partial charge in [-0.05, 0) is 38.5 Å². The smallest absolute Gasteiger partial charge is 0.307 e. The molecule has 0 aliphatic heterocycles. The second kappa shape index (κ2) is 3.63. The molecule has 0 atom stereocenters. The van der Waals surface area contributed by atoms with E-state index in [-0.39, 0.29) is 17.3 Å². The molecule has 0 fully saturated rings. The van der Waals surface area contributed by atoms with Crippen LogP contribution in [0.3, 0.4) is 0 Å². The minimum absolute atomic E-state index is 0.137. The summed E-state index contributed by atoms with van der Waals surface area (Å²) < 4.78 is 1.23. The lowest BCUT2D eigenvalue weighted by molar-refractivity contribution is 0.552. The number of rotatable bonds is 1. The summed E-state index contributed by atoms with van der Waals surface area (Å²) in [5.74, 6) is 0. The maximum Gasteiger partial charge on any atom is 0.329 e. The molecule has 0 aliphatic carbocycles. The van der Waals surface area contributed by atoms with Crippen LogP contribution in [0.1, 0.15) is 25.5 Å². The topological polar surface area (TPSA) is 54.9 Å². The summed E-state index contributed by atoms with van der Waals surface area (Å²) in [6.07, 6.45) is 0. The summed E-state index contributed by atoms with van der Waals surface area (Å²) in [6.45, 7) is 5.55. The monoisotopic (exact) mass is 218 g/mol. The van der Waals surface area contributed by atoms with E-state index in [4.69, 9.17) is 0 Å². The van der Waals surface area contributed by atoms with Crippen molar-refractivity contribution in [3.8, 4) is 0 Å². The van der Waals surface area contributed by atoms with Gasteiger partial charge in [0.2, 0.25) is 0 Å². The Balaban J connectivity index is 2.95. The van der Waals surface area contributed by atoms with Gasteiger partial charge < -0.3 is 4.98 Å². The van der Waals surface area contributed by atoms with Crippen molar-refractivity contribution in [3.63, 3.8) is 0 Å². The fourth-order valence-corrected chi connectivity index (χ4v) is 1.81. The van der Waals surface area contributed by atoms with Gasteiger partial charge in [0.1, 0.15) is 0 Å². The van der Waals surface area contributed by atoms with E-state index in [0.717, 1.165) is 5.56 Å². The first-order chi connectivity index (χ1) is 7.50. The summed E-state index contributed by atoms with van der Waals surface area (Å²) in [4.78, 5) is 26.5. The van der Waals surface area contributed by atoms with E-state index in [9.17, 15) is 9.59 Å². The molecule has 0 saturated carbocycles. The molecule has 0 spiro atoms. The molecule has 0 amide bonds. The van der Waals surface area contributed by atoms with E-state index >= 15 is 0 Å². The van der Waals surface area contributed by atoms with Gasteiger partial charge in [0.05, 0.1) is 10.9 Å². The summed E-state index contributed by atoms with van der Waals surface area (Å²) in [5.41, 5.74) is 1.04. The minimum atomic E-state index is -0.349. The molecular formula is C12H14N2O2. The third-order valence-electron chi connectivity index (χ3n) is 2.60. The highest BCUT2D eigenvalue weighted by atomic mass is 16.2. The summed E-state index contributed by atoms with van der Waals surface area (Å²) in [7, 11) is 0. The van der Waals surface area contributed by atoms with Crippen molar-refractivity contribution in [2.45, 2.75) is 26.8 Å². The number of fused-ring (bicyclic) bond motifs is 1. The highest BCUT2D eigenvalue weighted by Crippen LogP contribution is 2.08. The van der Waals surface area contributed by atoms with Gasteiger partial charge in [-0.3, -0.25) is 9.36 Å². The van der Waals surface area contributed by atoms with Gasteiger partial charge in [0.15, 0.2) is 0 Å². The van der Waals surface area contributed by atoms with Crippen molar-refractivity contribution in [2.24, 2.45) is 0 Å². The van der Waals surface area contributed by atoms with Crippen LogP contribution in [0.25, 0.3) is 10.9 Å². The molecule has 16 heavy (non-hydrogen) atoms. The van der Waals surface area contributed by atoms with Crippen molar-refractivity contribution >= 4 is 10.9 Å². The number of aromatic nitrogens is 2. The summed E-state index contributed by atoms with van der Waals surface area (Å²) in [6, 6.07) is 5.29. The molecule has 1 aromatic heterocycles. The molecule has 2 aromatic rings. The molecule has 2 rings (SSSR count). The number of H-pyrrole nitrogens is 1. The van der Waals surface area contributed by atoms with Crippen LogP contribution >= 0.6 is 0 Å². The van der Waals surface area contributed by atoms with E-state index in [0.29, 0.717) is 10.9 Å². The second-order valence-corrected chi connectivity index (χ2v) is 4.25. The molecule has 1 N–H and O–H groups in total. The van der Waals surface area contributed by atoms with Crippen LogP contribution in [0.4, 0.5) is 0 Å². The van der Waals surface area contributed by atoms with E-state index in [1.165, 1.54) is 4.57 Å². The Morgan fingerprint density at radius 2 is 1.94 bits per heavy atom. The molecule has 0 aliphatic rings. The van der Waals surface area contributed by atoms with Crippen molar-refractivity contribution in [1.82, 2.24) is 9.55 Å². The van der Waals surface area contributed by atoms with E-state index in [1.807, 2.05) is 32.9 Å². The molecule has 1 aromatic carbocycles. The predicted octanol–water partition coefficient (Wildman–Crippen LogP) is 1.58. The third kappa shape index (κ3) is 1.56. The minimum Gasteiger partial charge on any atom is -0.307 e. The van der Waals surface area contributed by atoms with E-state index in [2.05, 4.69) is 4.98 Å². The Bertz CT molecular complexity index is 650. The molecule has 4 heteroatoms. The Labute approximate surface area is 92.5 Å². The first kappa shape index (κ1) is 10.7. The van der Waals surface area contributed by atoms with Gasteiger partial charge in [-0.25, -0.2) is 4.79 Å². The maximum atomic E-state index is 12.0. The lowest BCUT2D eigenvalue weighted by atomic mass is 10.2. The molecule has 4 nitrogen and oxygen atoms in total. The van der Waals surface area contributed by atoms with Crippen LogP contribution in [-0.2, 0) is 0 Å². The van der Waals surface area contributed by atoms with Crippen LogP contribution in [0, 0.1) is 6.92 Å². The molecule has 1 heterocycles. The number of hydrogen-bond donors (Lipinski definition) is 1. The summed E-state index contributed by atoms with van der Waals surface area (Å²) in [5, 5.41) is 0.555. The molecule has 0 bridgehead atoms. The number of aromatic amines is 1. The average molecular weight is 218 g/mol. The normalized spacial score (nSPS) is 11.2. The van der Waals surface area contributed by atoms with Crippen LogP contribution in [0.15, 0.2) is 27.8 Å². The number of aryl methyl sites for hydroxylation is 1. The van der Waals surface area contributed by atoms with Crippen molar-refractivity contribution in [2.75, 3.05) is 0 Å². The van der Waals surface area contributed by atoms with Gasteiger partial charge in [-0.15, -0.1) is 0 Å². The SMILES string of the molecule is Cc1ccc2c(=O)n(C(C)C)c(=O)[nH]c2c1. The van der Waals surface area contributed by atoms with Crippen molar-refractivity contribution < 1.29 is 0 Å². The van der Waals surface area contributed by atoms with Gasteiger partial charge in [0, 0.05) is 6.04 Å². The lowest BCUT2D eigenvalue weighted by Crippen LogP contribution is -2.36. The fourth-order valence-electron chi connectivity index (χ4n) is 1.81. The van der Waals surface area contributed by atoms with Crippen LogP contribution in [0.5, 0.6) is 0 Å². The first-order valence-corrected chi connectivity index (χ1v) is 5.26. The average Bonchev–Trinajstić information content (AvgIpc) is 2.15. The highest BCUT2D eigenvalue weighted by molar-refractivity contribution is 5.77. The maximum absolute atomic E-state index is 12.0. The number of hydrogen-bond acceptors (Lipinski definition) is 2. The van der Waals surface area contributed by atoms with Gasteiger partial charge in [-0.2, -0.15) is 0 Å². The van der Waals surface area contributed by atoms with Gasteiger partial charge >= 0.3 is 5.69 Å². The zero-order chi connectivity index (χ0) is 11.9. The Morgan fingerprint density at radius 1 is 1.25 bits per heavy atom. The van der Waals surface area contributed by atoms with Crippen LogP contribution in [0.2, 0.25) is 0 Å². The Hall–Kier alpha value is -1.84. The predicted molar refractivity (Wildman–Crippen MR) is 64.0 cm³/mol. The number of nitrogens with zero attached hydrogens (tertiary/aromatic N) is 1. The molecule has 0 unspecified atom stereocenters. The molecule has 0 radical (unpaired) electrons. The fraction of sp³-hybridized carbons (Fsp3) is 0.333. The quantitative estimate of drug-likeness (QED) is 0.790. The third-order valence-corrected chi connectivity index (χ3v) is 2.60. The van der Waals surface area contributed by atoms with Crippen molar-refractivity contribution in [1.29, 1.82) is 0 Å². The molecule has 0 saturated heterocycles. The zero-order valence-electron chi connectivity index (χ0n) is 9.57. The Kier molecular flexibility index (Phi) is 2.42. The molecule has 84 valence electrons. The second-order valence-electron chi connectivity index (χ2n) is 4.25. The summed E-state index contributed by atoms with van der Waals surface area (Å²) >= 11 is 0. The lowest BCUT2D eigenvalue weighted by Gasteiger charge is -2.09. The van der Waals surface area contributed by atoms with E-state index in [1.54, 1.807) is 6.07 Å². The highest BCUT2D eigenvalue weighted by Gasteiger charge is 2.09. The zero-order valence-corrected chi connectivity index (χ0v) is 9.57. The van der Waals surface area contributed by atoms with Crippen molar-refractivity contribution in [3.05, 3.63) is 44.6 Å². The van der Waals surface area contributed by atoms with E-state index < -0.39 is 0 Å². The number of benzene rings is 1. The molecular weight excluding hydrogens is 204 g/mol. The number of nitrogens with one attached hydrogen (secondary N) is 1. The Morgan fingerprint density at radius 3 is 2.56 bits per heavy atom. The van der Waals surface area contributed by atoms with Gasteiger partial charge in [0.25, 0.3) is 5.56 Å². The largest absolute Gasteiger partial charge is 0.329 e. The van der Waals surface area contributed by atoms with Crippen LogP contribution in [-0.4, -0.2) is 9.55 Å². The van der Waals surface area contributed by atoms with Crippen LogP contribution < -0.4 is 11.2 Å².